The molecule has 0 unspecified atom stereocenters. The maximum Gasteiger partial charge on any atom is 0.573 e. The van der Waals surface area contributed by atoms with E-state index in [-0.39, 0.29) is 5.56 Å². The van der Waals surface area contributed by atoms with Gasteiger partial charge in [0.15, 0.2) is 0 Å². The zero-order chi connectivity index (χ0) is 13.1. The number of hydrogen-bond donors (Lipinski definition) is 1. The first-order valence-electron chi connectivity index (χ1n) is 4.67. The Bertz CT molecular complexity index is 421. The monoisotopic (exact) mass is 311 g/mol. The first-order chi connectivity index (χ1) is 7.83. The van der Waals surface area contributed by atoms with E-state index in [9.17, 15) is 18.0 Å². The van der Waals surface area contributed by atoms with Gasteiger partial charge in [-0.3, -0.25) is 4.79 Å². The van der Waals surface area contributed by atoms with Crippen LogP contribution in [0.15, 0.2) is 22.7 Å². The fourth-order valence-corrected chi connectivity index (χ4v) is 1.49. The Morgan fingerprint density at radius 3 is 2.65 bits per heavy atom. The van der Waals surface area contributed by atoms with Gasteiger partial charge < -0.3 is 10.1 Å². The lowest BCUT2D eigenvalue weighted by Crippen LogP contribution is -2.25. The predicted octanol–water partition coefficient (Wildman–Crippen LogP) is 3.10. The summed E-state index contributed by atoms with van der Waals surface area (Å²) in [6.45, 7) is 1.99. The third kappa shape index (κ3) is 4.26. The summed E-state index contributed by atoms with van der Waals surface area (Å²) in [4.78, 5) is 11.5. The number of hydrogen-bond acceptors (Lipinski definition) is 2. The summed E-state index contributed by atoms with van der Waals surface area (Å²) >= 11 is 3.01. The minimum absolute atomic E-state index is 0.160. The zero-order valence-electron chi connectivity index (χ0n) is 8.77. The van der Waals surface area contributed by atoms with Gasteiger partial charge in [-0.05, 0) is 25.1 Å². The maximum atomic E-state index is 12.1. The largest absolute Gasteiger partial charge is 0.573 e. The summed E-state index contributed by atoms with van der Waals surface area (Å²) < 4.78 is 40.6. The lowest BCUT2D eigenvalue weighted by atomic mass is 10.2. The van der Waals surface area contributed by atoms with Crippen molar-refractivity contribution in [2.24, 2.45) is 0 Å². The van der Waals surface area contributed by atoms with Crippen molar-refractivity contribution in [2.75, 3.05) is 6.54 Å². The van der Waals surface area contributed by atoms with Crippen LogP contribution in [-0.4, -0.2) is 18.8 Å². The van der Waals surface area contributed by atoms with E-state index >= 15 is 0 Å². The van der Waals surface area contributed by atoms with Crippen LogP contribution in [0.1, 0.15) is 17.3 Å². The number of benzene rings is 1. The molecule has 17 heavy (non-hydrogen) atoms. The van der Waals surface area contributed by atoms with E-state index in [0.717, 1.165) is 6.07 Å². The summed E-state index contributed by atoms with van der Waals surface area (Å²) in [5, 5.41) is 2.41. The van der Waals surface area contributed by atoms with Crippen molar-refractivity contribution < 1.29 is 22.7 Å². The fourth-order valence-electron chi connectivity index (χ4n) is 1.15. The van der Waals surface area contributed by atoms with Crippen LogP contribution in [0.25, 0.3) is 0 Å². The lowest BCUT2D eigenvalue weighted by Gasteiger charge is -2.13. The van der Waals surface area contributed by atoms with Crippen molar-refractivity contribution in [1.82, 2.24) is 5.32 Å². The molecule has 0 saturated carbocycles. The topological polar surface area (TPSA) is 38.3 Å². The molecule has 7 heteroatoms. The van der Waals surface area contributed by atoms with Gasteiger partial charge in [0.2, 0.25) is 0 Å². The second-order valence-corrected chi connectivity index (χ2v) is 3.96. The molecule has 1 N–H and O–H groups in total. The molecule has 0 aliphatic heterocycles. The minimum atomic E-state index is -4.83. The van der Waals surface area contributed by atoms with Gasteiger partial charge in [-0.1, -0.05) is 15.9 Å². The van der Waals surface area contributed by atoms with Gasteiger partial charge in [0.1, 0.15) is 5.75 Å². The number of rotatable bonds is 3. The number of alkyl halides is 3. The highest BCUT2D eigenvalue weighted by Gasteiger charge is 2.33. The summed E-state index contributed by atoms with van der Waals surface area (Å²) in [5.74, 6) is -1.14. The van der Waals surface area contributed by atoms with Gasteiger partial charge in [0, 0.05) is 11.0 Å². The number of halogens is 4. The first-order valence-corrected chi connectivity index (χ1v) is 5.46. The molecule has 0 aliphatic rings. The quantitative estimate of drug-likeness (QED) is 0.931. The standard InChI is InChI=1S/C10H9BrF3NO2/c1-2-15-9(16)7-4-3-6(11)5-8(7)17-10(12,13)14/h3-5H,2H2,1H3,(H,15,16). The summed E-state index contributed by atoms with van der Waals surface area (Å²) in [5.41, 5.74) is -0.160. The van der Waals surface area contributed by atoms with Gasteiger partial charge in [-0.15, -0.1) is 13.2 Å². The van der Waals surface area contributed by atoms with E-state index in [1.165, 1.54) is 12.1 Å². The second kappa shape index (κ2) is 5.39. The molecule has 1 aromatic carbocycles. The number of carbonyl (C=O) groups excluding carboxylic acids is 1. The third-order valence-corrected chi connectivity index (χ3v) is 2.24. The SMILES string of the molecule is CCNC(=O)c1ccc(Br)cc1OC(F)(F)F. The van der Waals surface area contributed by atoms with Crippen LogP contribution in [0.4, 0.5) is 13.2 Å². The lowest BCUT2D eigenvalue weighted by molar-refractivity contribution is -0.274. The Kier molecular flexibility index (Phi) is 4.39. The highest BCUT2D eigenvalue weighted by Crippen LogP contribution is 2.29. The van der Waals surface area contributed by atoms with Gasteiger partial charge in [-0.2, -0.15) is 0 Å². The summed E-state index contributed by atoms with van der Waals surface area (Å²) in [7, 11) is 0. The minimum Gasteiger partial charge on any atom is -0.405 e. The molecule has 0 heterocycles. The molecule has 0 aromatic heterocycles. The summed E-state index contributed by atoms with van der Waals surface area (Å²) in [6.07, 6.45) is -4.83. The highest BCUT2D eigenvalue weighted by atomic mass is 79.9. The van der Waals surface area contributed by atoms with Crippen LogP contribution in [0.5, 0.6) is 5.75 Å². The molecular formula is C10H9BrF3NO2. The van der Waals surface area contributed by atoms with Crippen LogP contribution in [-0.2, 0) is 0 Å². The van der Waals surface area contributed by atoms with Crippen molar-refractivity contribution in [3.63, 3.8) is 0 Å². The molecule has 1 rings (SSSR count). The molecule has 0 saturated heterocycles. The molecule has 0 bridgehead atoms. The van der Waals surface area contributed by atoms with Crippen LogP contribution < -0.4 is 10.1 Å². The smallest absolute Gasteiger partial charge is 0.405 e. The van der Waals surface area contributed by atoms with Crippen LogP contribution >= 0.6 is 15.9 Å². The van der Waals surface area contributed by atoms with E-state index in [4.69, 9.17) is 0 Å². The highest BCUT2D eigenvalue weighted by molar-refractivity contribution is 9.10. The number of carbonyl (C=O) groups is 1. The second-order valence-electron chi connectivity index (χ2n) is 3.05. The van der Waals surface area contributed by atoms with Crippen molar-refractivity contribution in [3.05, 3.63) is 28.2 Å². The Morgan fingerprint density at radius 1 is 1.47 bits per heavy atom. The average molecular weight is 312 g/mol. The Labute approximate surface area is 104 Å². The van der Waals surface area contributed by atoms with Gasteiger partial charge in [0.25, 0.3) is 5.91 Å². The van der Waals surface area contributed by atoms with Gasteiger partial charge in [-0.25, -0.2) is 0 Å². The Hall–Kier alpha value is -1.24. The van der Waals surface area contributed by atoms with E-state index < -0.39 is 18.0 Å². The van der Waals surface area contributed by atoms with Crippen LogP contribution in [0, 0.1) is 0 Å². The Morgan fingerprint density at radius 2 is 2.12 bits per heavy atom. The van der Waals surface area contributed by atoms with E-state index in [0.29, 0.717) is 11.0 Å². The van der Waals surface area contributed by atoms with Crippen molar-refractivity contribution in [2.45, 2.75) is 13.3 Å². The van der Waals surface area contributed by atoms with Crippen molar-refractivity contribution >= 4 is 21.8 Å². The average Bonchev–Trinajstić information content (AvgIpc) is 2.15. The predicted molar refractivity (Wildman–Crippen MR) is 58.8 cm³/mol. The first kappa shape index (κ1) is 13.8. The number of nitrogens with one attached hydrogen (secondary N) is 1. The molecule has 3 nitrogen and oxygen atoms in total. The summed E-state index contributed by atoms with van der Waals surface area (Å²) in [6, 6.07) is 3.82. The molecule has 1 amide bonds. The molecule has 1 aromatic rings. The zero-order valence-corrected chi connectivity index (χ0v) is 10.4. The third-order valence-electron chi connectivity index (χ3n) is 1.75. The van der Waals surface area contributed by atoms with Gasteiger partial charge >= 0.3 is 6.36 Å². The Balaban J connectivity index is 3.08. The molecule has 0 fully saturated rings. The fraction of sp³-hybridized carbons (Fsp3) is 0.300. The molecular weight excluding hydrogens is 303 g/mol. The van der Waals surface area contributed by atoms with Crippen LogP contribution in [0.2, 0.25) is 0 Å². The van der Waals surface area contributed by atoms with E-state index in [1.807, 2.05) is 0 Å². The molecule has 0 radical (unpaired) electrons. The van der Waals surface area contributed by atoms with Crippen molar-refractivity contribution in [1.29, 1.82) is 0 Å². The van der Waals surface area contributed by atoms with Crippen LogP contribution in [0.3, 0.4) is 0 Å². The normalized spacial score (nSPS) is 11.1. The number of ether oxygens (including phenoxy) is 1. The van der Waals surface area contributed by atoms with Gasteiger partial charge in [0.05, 0.1) is 5.56 Å². The van der Waals surface area contributed by atoms with Crippen molar-refractivity contribution in [3.8, 4) is 5.75 Å². The molecule has 0 aliphatic carbocycles. The maximum absolute atomic E-state index is 12.1. The van der Waals surface area contributed by atoms with E-state index in [1.54, 1.807) is 6.92 Å². The molecule has 0 spiro atoms. The van der Waals surface area contributed by atoms with E-state index in [2.05, 4.69) is 26.0 Å². The molecule has 0 atom stereocenters. The molecule has 94 valence electrons. The number of amides is 1.